The lowest BCUT2D eigenvalue weighted by atomic mass is 10.1. The number of thiocarbonyl (C=S) groups is 1. The average molecular weight is 476 g/mol. The highest BCUT2D eigenvalue weighted by atomic mass is 32.1. The van der Waals surface area contributed by atoms with E-state index in [0.29, 0.717) is 6.42 Å². The Bertz CT molecular complexity index is 728. The summed E-state index contributed by atoms with van der Waals surface area (Å²) in [6, 6.07) is 7.81. The Balaban J connectivity index is 3.18. The van der Waals surface area contributed by atoms with Crippen LogP contribution in [0.4, 0.5) is 0 Å². The highest BCUT2D eigenvalue weighted by Gasteiger charge is 2.43. The SMILES string of the molecule is C[Si](C)(C)Oc1ccc(CC(N=C=S)P(=O)(O[Si](C)(C)C)O[Si](C)(C)C)cc1. The van der Waals surface area contributed by atoms with Crippen LogP contribution in [-0.2, 0) is 19.4 Å². The minimum absolute atomic E-state index is 0.406. The third-order valence-corrected chi connectivity index (χ3v) is 11.5. The van der Waals surface area contributed by atoms with Crippen LogP contribution in [0, 0.1) is 0 Å². The lowest BCUT2D eigenvalue weighted by molar-refractivity contribution is 0.368. The van der Waals surface area contributed by atoms with Crippen LogP contribution in [0.5, 0.6) is 5.75 Å². The van der Waals surface area contributed by atoms with Crippen molar-refractivity contribution in [3.8, 4) is 5.75 Å². The molecule has 0 aliphatic carbocycles. The quantitative estimate of drug-likeness (QED) is 0.162. The van der Waals surface area contributed by atoms with E-state index in [2.05, 4.69) is 29.8 Å². The van der Waals surface area contributed by atoms with Gasteiger partial charge in [-0.05, 0) is 88.8 Å². The van der Waals surface area contributed by atoms with Crippen molar-refractivity contribution in [3.63, 3.8) is 0 Å². The number of hydrogen-bond donors (Lipinski definition) is 0. The second-order valence-electron chi connectivity index (χ2n) is 9.71. The molecule has 0 radical (unpaired) electrons. The van der Waals surface area contributed by atoms with E-state index in [1.807, 2.05) is 63.5 Å². The number of nitrogens with zero attached hydrogens (tertiary/aromatic N) is 1. The van der Waals surface area contributed by atoms with E-state index in [0.717, 1.165) is 11.3 Å². The van der Waals surface area contributed by atoms with Gasteiger partial charge < -0.3 is 12.9 Å². The predicted octanol–water partition coefficient (Wildman–Crippen LogP) is 6.77. The first-order valence-electron chi connectivity index (χ1n) is 9.39. The molecule has 0 amide bonds. The fourth-order valence-corrected chi connectivity index (χ4v) is 11.7. The molecule has 158 valence electrons. The summed E-state index contributed by atoms with van der Waals surface area (Å²) in [6.07, 6.45) is 0.406. The molecule has 1 unspecified atom stereocenters. The monoisotopic (exact) mass is 475 g/mol. The van der Waals surface area contributed by atoms with Gasteiger partial charge >= 0.3 is 7.60 Å². The van der Waals surface area contributed by atoms with Gasteiger partial charge in [0, 0.05) is 6.42 Å². The molecule has 0 saturated carbocycles. The Labute approximate surface area is 178 Å². The molecule has 0 heterocycles. The molecule has 0 bridgehead atoms. The molecule has 1 aromatic rings. The van der Waals surface area contributed by atoms with Crippen LogP contribution in [0.25, 0.3) is 0 Å². The maximum absolute atomic E-state index is 13.8. The van der Waals surface area contributed by atoms with Crippen LogP contribution >= 0.6 is 19.8 Å². The third-order valence-electron chi connectivity index (χ3n) is 3.13. The van der Waals surface area contributed by atoms with Gasteiger partial charge in [0.15, 0.2) is 22.4 Å². The van der Waals surface area contributed by atoms with Gasteiger partial charge in [-0.25, -0.2) is 4.99 Å². The molecule has 0 fully saturated rings. The highest BCUT2D eigenvalue weighted by Crippen LogP contribution is 2.58. The van der Waals surface area contributed by atoms with Crippen LogP contribution in [0.3, 0.4) is 0 Å². The zero-order valence-corrected chi connectivity index (χ0v) is 23.2. The summed E-state index contributed by atoms with van der Waals surface area (Å²) >= 11 is 4.83. The lowest BCUT2D eigenvalue weighted by Crippen LogP contribution is -2.33. The van der Waals surface area contributed by atoms with Crippen molar-refractivity contribution in [1.29, 1.82) is 0 Å². The topological polar surface area (TPSA) is 57.1 Å². The van der Waals surface area contributed by atoms with Gasteiger partial charge in [0.1, 0.15) is 5.75 Å². The summed E-state index contributed by atoms with van der Waals surface area (Å²) < 4.78 is 32.0. The van der Waals surface area contributed by atoms with E-state index in [-0.39, 0.29) is 0 Å². The second-order valence-corrected chi connectivity index (χ2v) is 25.9. The van der Waals surface area contributed by atoms with Gasteiger partial charge in [-0.2, -0.15) is 0 Å². The van der Waals surface area contributed by atoms with E-state index < -0.39 is 38.3 Å². The van der Waals surface area contributed by atoms with Crippen molar-refractivity contribution in [2.24, 2.45) is 4.99 Å². The first-order chi connectivity index (χ1) is 12.5. The molecule has 28 heavy (non-hydrogen) atoms. The fourth-order valence-electron chi connectivity index (χ4n) is 2.45. The summed E-state index contributed by atoms with van der Waals surface area (Å²) in [5, 5.41) is 2.40. The molecule has 0 aliphatic heterocycles. The van der Waals surface area contributed by atoms with Crippen molar-refractivity contribution in [1.82, 2.24) is 0 Å². The van der Waals surface area contributed by atoms with Crippen molar-refractivity contribution in [2.75, 3.05) is 0 Å². The Hall–Kier alpha value is -0.379. The molecule has 1 aromatic carbocycles. The minimum Gasteiger partial charge on any atom is -0.544 e. The van der Waals surface area contributed by atoms with Crippen molar-refractivity contribution < 1.29 is 17.4 Å². The molecule has 0 saturated heterocycles. The van der Waals surface area contributed by atoms with Crippen LogP contribution in [0.2, 0.25) is 58.9 Å². The minimum atomic E-state index is -3.50. The fraction of sp³-hybridized carbons (Fsp3) is 0.611. The Morgan fingerprint density at radius 3 is 1.75 bits per heavy atom. The number of hydrogen-bond acceptors (Lipinski definition) is 6. The summed E-state index contributed by atoms with van der Waals surface area (Å²) in [5.74, 6) is 0.143. The maximum Gasteiger partial charge on any atom is 0.336 e. The summed E-state index contributed by atoms with van der Waals surface area (Å²) in [5.41, 5.74) is 0.973. The average Bonchev–Trinajstić information content (AvgIpc) is 2.43. The summed E-state index contributed by atoms with van der Waals surface area (Å²) in [6.45, 7) is 18.4. The normalized spacial score (nSPS) is 14.3. The van der Waals surface area contributed by atoms with E-state index in [1.54, 1.807) is 0 Å². The number of isothiocyanates is 1. The molecule has 1 rings (SSSR count). The predicted molar refractivity (Wildman–Crippen MR) is 129 cm³/mol. The number of benzene rings is 1. The first-order valence-corrected chi connectivity index (χ1v) is 21.6. The third kappa shape index (κ3) is 9.89. The van der Waals surface area contributed by atoms with Crippen molar-refractivity contribution >= 4 is 49.9 Å². The Kier molecular flexibility index (Phi) is 8.81. The van der Waals surface area contributed by atoms with Gasteiger partial charge in [-0.15, -0.1) is 0 Å². The second kappa shape index (κ2) is 9.62. The van der Waals surface area contributed by atoms with E-state index in [1.165, 1.54) is 0 Å². The molecule has 5 nitrogen and oxygen atoms in total. The zero-order valence-electron chi connectivity index (χ0n) is 18.5. The molecule has 0 aromatic heterocycles. The summed E-state index contributed by atoms with van der Waals surface area (Å²) in [7, 11) is -9.44. The smallest absolute Gasteiger partial charge is 0.336 e. The lowest BCUT2D eigenvalue weighted by Gasteiger charge is -2.34. The Morgan fingerprint density at radius 1 is 0.929 bits per heavy atom. The van der Waals surface area contributed by atoms with Gasteiger partial charge in [-0.1, -0.05) is 12.1 Å². The largest absolute Gasteiger partial charge is 0.544 e. The van der Waals surface area contributed by atoms with Gasteiger partial charge in [0.25, 0.3) is 0 Å². The van der Waals surface area contributed by atoms with Crippen LogP contribution in [0.1, 0.15) is 5.56 Å². The van der Waals surface area contributed by atoms with Gasteiger partial charge in [0.05, 0.1) is 5.16 Å². The van der Waals surface area contributed by atoms with Crippen LogP contribution in [-0.4, -0.2) is 35.9 Å². The molecular weight excluding hydrogens is 442 g/mol. The molecule has 0 spiro atoms. The number of rotatable bonds is 10. The zero-order chi connectivity index (χ0) is 21.8. The molecule has 10 heteroatoms. The van der Waals surface area contributed by atoms with E-state index >= 15 is 0 Å². The molecule has 0 aliphatic rings. The standard InChI is InChI=1S/C18H34NO4PSSi3/c1-26(2,3)21-17-12-10-16(11-13-17)14-18(19-15-25)24(20,22-27(4,5)6)23-28(7,8)9/h10-13,18H,14H2,1-9H3. The van der Waals surface area contributed by atoms with Gasteiger partial charge in [0.2, 0.25) is 8.32 Å². The molecule has 0 N–H and O–H groups in total. The summed E-state index contributed by atoms with van der Waals surface area (Å²) in [4.78, 5) is 4.21. The maximum atomic E-state index is 13.8. The van der Waals surface area contributed by atoms with E-state index in [9.17, 15) is 4.57 Å². The molecular formula is C18H34NO4PSSi3. The Morgan fingerprint density at radius 2 is 1.39 bits per heavy atom. The van der Waals surface area contributed by atoms with Crippen LogP contribution < -0.4 is 4.43 Å². The number of aliphatic imine (C=N–C) groups is 1. The van der Waals surface area contributed by atoms with Gasteiger partial charge in [-0.3, -0.25) is 4.57 Å². The van der Waals surface area contributed by atoms with Crippen LogP contribution in [0.15, 0.2) is 29.3 Å². The van der Waals surface area contributed by atoms with Crippen molar-refractivity contribution in [2.45, 2.75) is 71.1 Å². The highest BCUT2D eigenvalue weighted by molar-refractivity contribution is 7.78. The van der Waals surface area contributed by atoms with E-state index in [4.69, 9.17) is 25.1 Å². The first kappa shape index (κ1) is 25.7. The molecule has 1 atom stereocenters. The van der Waals surface area contributed by atoms with Crippen molar-refractivity contribution in [3.05, 3.63) is 29.8 Å².